The molecule has 1 atom stereocenters. The van der Waals surface area contributed by atoms with Crippen LogP contribution in [-0.4, -0.2) is 34.9 Å². The molecule has 0 aromatic heterocycles. The summed E-state index contributed by atoms with van der Waals surface area (Å²) in [6.07, 6.45) is 0. The van der Waals surface area contributed by atoms with Crippen LogP contribution in [0.15, 0.2) is 12.1 Å². The van der Waals surface area contributed by atoms with E-state index in [0.29, 0.717) is 23.8 Å². The summed E-state index contributed by atoms with van der Waals surface area (Å²) >= 11 is 0. The lowest BCUT2D eigenvalue weighted by Gasteiger charge is -2.16. The zero-order chi connectivity index (χ0) is 13.5. The van der Waals surface area contributed by atoms with E-state index in [1.165, 1.54) is 0 Å². The van der Waals surface area contributed by atoms with Crippen molar-refractivity contribution in [3.8, 4) is 23.3 Å². The fourth-order valence-electron chi connectivity index (χ4n) is 1.74. The molecule has 1 N–H and O–H groups in total. The maximum atomic E-state index is 9.16. The van der Waals surface area contributed by atoms with Crippen molar-refractivity contribution in [3.63, 3.8) is 0 Å². The van der Waals surface area contributed by atoms with E-state index in [9.17, 15) is 0 Å². The van der Waals surface area contributed by atoms with Gasteiger partial charge in [0.2, 0.25) is 5.75 Å². The highest BCUT2D eigenvalue weighted by atomic mass is 16.5. The molecule has 0 aliphatic rings. The molecular weight excluding hydrogens is 232 g/mol. The van der Waals surface area contributed by atoms with Gasteiger partial charge < -0.3 is 19.5 Å². The third kappa shape index (κ3) is 2.84. The molecule has 18 heavy (non-hydrogen) atoms. The molecule has 0 radical (unpaired) electrons. The van der Waals surface area contributed by atoms with Crippen molar-refractivity contribution >= 4 is 0 Å². The Hall–Kier alpha value is -1.93. The fraction of sp³-hybridized carbons (Fsp3) is 0.462. The predicted molar refractivity (Wildman–Crippen MR) is 68.4 cm³/mol. The third-order valence-corrected chi connectivity index (χ3v) is 2.65. The lowest BCUT2D eigenvalue weighted by atomic mass is 9.99. The van der Waals surface area contributed by atoms with Gasteiger partial charge in [-0.05, 0) is 24.7 Å². The summed E-state index contributed by atoms with van der Waals surface area (Å²) in [6, 6.07) is 5.84. The van der Waals surface area contributed by atoms with E-state index in [4.69, 9.17) is 19.5 Å². The number of likely N-dealkylation sites (N-methyl/N-ethyl adjacent to an activating group) is 1. The predicted octanol–water partition coefficient (Wildman–Crippen LogP) is 1.54. The van der Waals surface area contributed by atoms with Gasteiger partial charge in [-0.1, -0.05) is 0 Å². The number of hydrogen-bond donors (Lipinski definition) is 1. The van der Waals surface area contributed by atoms with Crippen LogP contribution in [0.2, 0.25) is 0 Å². The Balaban J connectivity index is 3.26. The van der Waals surface area contributed by atoms with Gasteiger partial charge in [-0.15, -0.1) is 0 Å². The molecule has 0 spiro atoms. The van der Waals surface area contributed by atoms with Crippen molar-refractivity contribution in [1.29, 1.82) is 5.26 Å². The molecule has 0 heterocycles. The monoisotopic (exact) mass is 250 g/mol. The summed E-state index contributed by atoms with van der Waals surface area (Å²) < 4.78 is 15.8. The lowest BCUT2D eigenvalue weighted by Crippen LogP contribution is -2.16. The minimum Gasteiger partial charge on any atom is -0.493 e. The molecule has 0 saturated heterocycles. The maximum Gasteiger partial charge on any atom is 0.203 e. The first-order valence-electron chi connectivity index (χ1n) is 5.55. The second-order valence-corrected chi connectivity index (χ2v) is 3.70. The molecule has 5 nitrogen and oxygen atoms in total. The van der Waals surface area contributed by atoms with Crippen LogP contribution in [-0.2, 0) is 0 Å². The van der Waals surface area contributed by atoms with E-state index in [-0.39, 0.29) is 5.92 Å². The van der Waals surface area contributed by atoms with Gasteiger partial charge in [0.15, 0.2) is 11.5 Å². The third-order valence-electron chi connectivity index (χ3n) is 2.65. The van der Waals surface area contributed by atoms with Crippen molar-refractivity contribution in [3.05, 3.63) is 17.7 Å². The molecule has 1 aromatic rings. The Morgan fingerprint density at radius 3 is 2.06 bits per heavy atom. The molecule has 0 bridgehead atoms. The van der Waals surface area contributed by atoms with E-state index in [1.807, 2.05) is 7.05 Å². The molecule has 5 heteroatoms. The SMILES string of the molecule is CNCC(C#N)c1cc(OC)c(OC)c(OC)c1. The van der Waals surface area contributed by atoms with Gasteiger partial charge in [0.25, 0.3) is 0 Å². The summed E-state index contributed by atoms with van der Waals surface area (Å²) in [7, 11) is 6.47. The van der Waals surface area contributed by atoms with Crippen LogP contribution in [0.5, 0.6) is 17.2 Å². The largest absolute Gasteiger partial charge is 0.493 e. The van der Waals surface area contributed by atoms with Crippen molar-refractivity contribution in [1.82, 2.24) is 5.32 Å². The zero-order valence-electron chi connectivity index (χ0n) is 11.1. The van der Waals surface area contributed by atoms with E-state index in [0.717, 1.165) is 5.56 Å². The van der Waals surface area contributed by atoms with Gasteiger partial charge >= 0.3 is 0 Å². The summed E-state index contributed by atoms with van der Waals surface area (Å²) in [5.41, 5.74) is 0.835. The quantitative estimate of drug-likeness (QED) is 0.829. The number of ether oxygens (including phenoxy) is 3. The zero-order valence-corrected chi connectivity index (χ0v) is 11.1. The van der Waals surface area contributed by atoms with Gasteiger partial charge in [0.05, 0.1) is 33.3 Å². The van der Waals surface area contributed by atoms with Gasteiger partial charge in [-0.3, -0.25) is 0 Å². The van der Waals surface area contributed by atoms with E-state index >= 15 is 0 Å². The summed E-state index contributed by atoms with van der Waals surface area (Å²) in [6.45, 7) is 0.565. The highest BCUT2D eigenvalue weighted by Crippen LogP contribution is 2.39. The van der Waals surface area contributed by atoms with Crippen LogP contribution in [0.3, 0.4) is 0 Å². The first kappa shape index (κ1) is 14.1. The van der Waals surface area contributed by atoms with Crippen molar-refractivity contribution in [2.75, 3.05) is 34.9 Å². The molecule has 1 aromatic carbocycles. The van der Waals surface area contributed by atoms with Gasteiger partial charge in [-0.2, -0.15) is 5.26 Å². The molecule has 0 aliphatic carbocycles. The molecule has 0 amide bonds. The topological polar surface area (TPSA) is 63.5 Å². The van der Waals surface area contributed by atoms with Gasteiger partial charge in [0.1, 0.15) is 0 Å². The van der Waals surface area contributed by atoms with Crippen LogP contribution >= 0.6 is 0 Å². The summed E-state index contributed by atoms with van der Waals surface area (Å²) in [5, 5.41) is 12.1. The molecule has 98 valence electrons. The number of nitrogens with one attached hydrogen (secondary N) is 1. The minimum absolute atomic E-state index is 0.260. The Labute approximate surface area is 107 Å². The van der Waals surface area contributed by atoms with Crippen molar-refractivity contribution in [2.24, 2.45) is 0 Å². The van der Waals surface area contributed by atoms with Crippen molar-refractivity contribution < 1.29 is 14.2 Å². The number of rotatable bonds is 6. The van der Waals surface area contributed by atoms with Crippen LogP contribution < -0.4 is 19.5 Å². The number of nitriles is 1. The van der Waals surface area contributed by atoms with Crippen LogP contribution in [0.25, 0.3) is 0 Å². The van der Waals surface area contributed by atoms with Crippen molar-refractivity contribution in [2.45, 2.75) is 5.92 Å². The number of nitrogens with zero attached hydrogens (tertiary/aromatic N) is 1. The van der Waals surface area contributed by atoms with Gasteiger partial charge in [0, 0.05) is 6.54 Å². The Morgan fingerprint density at radius 1 is 1.17 bits per heavy atom. The number of hydrogen-bond acceptors (Lipinski definition) is 5. The summed E-state index contributed by atoms with van der Waals surface area (Å²) in [4.78, 5) is 0. The molecule has 1 rings (SSSR count). The van der Waals surface area contributed by atoms with Crippen LogP contribution in [0.1, 0.15) is 11.5 Å². The number of methoxy groups -OCH3 is 3. The average Bonchev–Trinajstić information content (AvgIpc) is 2.42. The fourth-order valence-corrected chi connectivity index (χ4v) is 1.74. The molecule has 1 unspecified atom stereocenters. The molecule has 0 saturated carbocycles. The normalized spacial score (nSPS) is 11.5. The molecule has 0 fully saturated rings. The second kappa shape index (κ2) is 6.72. The average molecular weight is 250 g/mol. The van der Waals surface area contributed by atoms with Crippen LogP contribution in [0.4, 0.5) is 0 Å². The highest BCUT2D eigenvalue weighted by molar-refractivity contribution is 5.55. The number of benzene rings is 1. The Kier molecular flexibility index (Phi) is 5.28. The van der Waals surface area contributed by atoms with Gasteiger partial charge in [-0.25, -0.2) is 0 Å². The standard InChI is InChI=1S/C13H18N2O3/c1-15-8-10(7-14)9-5-11(16-2)13(18-4)12(6-9)17-3/h5-6,10,15H,8H2,1-4H3. The van der Waals surface area contributed by atoms with E-state index < -0.39 is 0 Å². The van der Waals surface area contributed by atoms with E-state index in [2.05, 4.69) is 11.4 Å². The minimum atomic E-state index is -0.260. The van der Waals surface area contributed by atoms with Crippen LogP contribution in [0, 0.1) is 11.3 Å². The first-order chi connectivity index (χ1) is 8.71. The second-order valence-electron chi connectivity index (χ2n) is 3.70. The maximum absolute atomic E-state index is 9.16. The molecular formula is C13H18N2O3. The lowest BCUT2D eigenvalue weighted by molar-refractivity contribution is 0.323. The Bertz CT molecular complexity index is 415. The van der Waals surface area contributed by atoms with E-state index in [1.54, 1.807) is 33.5 Å². The summed E-state index contributed by atoms with van der Waals surface area (Å²) in [5.74, 6) is 1.39. The highest BCUT2D eigenvalue weighted by Gasteiger charge is 2.18. The Morgan fingerprint density at radius 2 is 1.72 bits per heavy atom. The first-order valence-corrected chi connectivity index (χ1v) is 5.55. The smallest absolute Gasteiger partial charge is 0.203 e. The molecule has 0 aliphatic heterocycles.